The maximum absolute atomic E-state index is 11.4. The van der Waals surface area contributed by atoms with Gasteiger partial charge in [0.15, 0.2) is 0 Å². The molecular formula is C17H15NO2. The molecule has 1 N–H and O–H groups in total. The Hall–Kier alpha value is -2.55. The number of ether oxygens (including phenoxy) is 1. The monoisotopic (exact) mass is 265 g/mol. The van der Waals surface area contributed by atoms with Crippen molar-refractivity contribution in [1.82, 2.24) is 5.32 Å². The number of hydrogen-bond acceptors (Lipinski definition) is 2. The molecule has 0 fully saturated rings. The zero-order chi connectivity index (χ0) is 13.9. The van der Waals surface area contributed by atoms with Crippen molar-refractivity contribution in [3.8, 4) is 5.75 Å². The molecule has 20 heavy (non-hydrogen) atoms. The summed E-state index contributed by atoms with van der Waals surface area (Å²) in [4.78, 5) is 11.4. The van der Waals surface area contributed by atoms with Crippen molar-refractivity contribution in [1.29, 1.82) is 0 Å². The highest BCUT2D eigenvalue weighted by atomic mass is 16.5. The molecule has 0 radical (unpaired) electrons. The van der Waals surface area contributed by atoms with Gasteiger partial charge in [-0.05, 0) is 11.6 Å². The normalized spacial score (nSPS) is 13.4. The molecule has 0 unspecified atom stereocenters. The summed E-state index contributed by atoms with van der Waals surface area (Å²) >= 11 is 0. The second kappa shape index (κ2) is 5.21. The Balaban J connectivity index is 2.19. The van der Waals surface area contributed by atoms with Crippen molar-refractivity contribution in [3.63, 3.8) is 0 Å². The standard InChI is InChI=1S/C17H15NO2/c1-12(19)18-15-11-20-16-10-6-5-9-14(16)17(15)13-7-3-2-4-8-13/h2-10H,11H2,1H3,(H,18,19). The Labute approximate surface area is 117 Å². The maximum atomic E-state index is 11.4. The Morgan fingerprint density at radius 1 is 1.05 bits per heavy atom. The minimum Gasteiger partial charge on any atom is -0.487 e. The summed E-state index contributed by atoms with van der Waals surface area (Å²) in [6.07, 6.45) is 0. The number of carbonyl (C=O) groups is 1. The molecule has 1 aliphatic heterocycles. The van der Waals surface area contributed by atoms with Crippen LogP contribution in [0.2, 0.25) is 0 Å². The highest BCUT2D eigenvalue weighted by Gasteiger charge is 2.21. The van der Waals surface area contributed by atoms with Gasteiger partial charge in [-0.1, -0.05) is 48.5 Å². The first-order valence-electron chi connectivity index (χ1n) is 6.54. The van der Waals surface area contributed by atoms with Crippen LogP contribution < -0.4 is 10.1 Å². The minimum atomic E-state index is -0.0867. The maximum Gasteiger partial charge on any atom is 0.221 e. The van der Waals surface area contributed by atoms with Crippen LogP contribution in [-0.4, -0.2) is 12.5 Å². The molecule has 0 spiro atoms. The van der Waals surface area contributed by atoms with Gasteiger partial charge in [-0.3, -0.25) is 4.79 Å². The van der Waals surface area contributed by atoms with Gasteiger partial charge in [0.2, 0.25) is 5.91 Å². The summed E-state index contributed by atoms with van der Waals surface area (Å²) in [5.41, 5.74) is 3.92. The first kappa shape index (κ1) is 12.5. The largest absolute Gasteiger partial charge is 0.487 e. The molecule has 3 nitrogen and oxygen atoms in total. The van der Waals surface area contributed by atoms with Crippen molar-refractivity contribution in [3.05, 3.63) is 71.4 Å². The molecule has 1 amide bonds. The van der Waals surface area contributed by atoms with E-state index in [-0.39, 0.29) is 5.91 Å². The van der Waals surface area contributed by atoms with Gasteiger partial charge in [-0.2, -0.15) is 0 Å². The van der Waals surface area contributed by atoms with E-state index in [2.05, 4.69) is 5.32 Å². The fourth-order valence-corrected chi connectivity index (χ4v) is 2.43. The highest BCUT2D eigenvalue weighted by Crippen LogP contribution is 2.36. The lowest BCUT2D eigenvalue weighted by molar-refractivity contribution is -0.118. The Morgan fingerprint density at radius 2 is 1.75 bits per heavy atom. The van der Waals surface area contributed by atoms with Gasteiger partial charge in [0, 0.05) is 18.1 Å². The van der Waals surface area contributed by atoms with Crippen molar-refractivity contribution < 1.29 is 9.53 Å². The molecular weight excluding hydrogens is 250 g/mol. The molecule has 2 aromatic rings. The second-order valence-corrected chi connectivity index (χ2v) is 4.69. The lowest BCUT2D eigenvalue weighted by Gasteiger charge is -2.24. The van der Waals surface area contributed by atoms with E-state index in [1.54, 1.807) is 0 Å². The zero-order valence-corrected chi connectivity index (χ0v) is 11.2. The number of carbonyl (C=O) groups excluding carboxylic acids is 1. The van der Waals surface area contributed by atoms with E-state index in [1.807, 2.05) is 54.6 Å². The van der Waals surface area contributed by atoms with Crippen LogP contribution in [0.15, 0.2) is 60.3 Å². The van der Waals surface area contributed by atoms with Crippen LogP contribution in [0.3, 0.4) is 0 Å². The molecule has 100 valence electrons. The summed E-state index contributed by atoms with van der Waals surface area (Å²) in [6, 6.07) is 17.9. The quantitative estimate of drug-likeness (QED) is 0.906. The molecule has 0 bridgehead atoms. The number of hydrogen-bond donors (Lipinski definition) is 1. The van der Waals surface area contributed by atoms with Crippen molar-refractivity contribution in [2.24, 2.45) is 0 Å². The smallest absolute Gasteiger partial charge is 0.221 e. The third kappa shape index (κ3) is 2.30. The van der Waals surface area contributed by atoms with Crippen molar-refractivity contribution in [2.45, 2.75) is 6.92 Å². The molecule has 2 aromatic carbocycles. The average molecular weight is 265 g/mol. The predicted molar refractivity (Wildman–Crippen MR) is 78.2 cm³/mol. The van der Waals surface area contributed by atoms with Crippen LogP contribution in [0.1, 0.15) is 18.1 Å². The second-order valence-electron chi connectivity index (χ2n) is 4.69. The van der Waals surface area contributed by atoms with Gasteiger partial charge in [-0.15, -0.1) is 0 Å². The van der Waals surface area contributed by atoms with Crippen LogP contribution in [0.25, 0.3) is 5.57 Å². The highest BCUT2D eigenvalue weighted by molar-refractivity contribution is 5.88. The van der Waals surface area contributed by atoms with Crippen LogP contribution in [0.5, 0.6) is 5.75 Å². The van der Waals surface area contributed by atoms with Crippen LogP contribution >= 0.6 is 0 Å². The predicted octanol–water partition coefficient (Wildman–Crippen LogP) is 2.97. The topological polar surface area (TPSA) is 38.3 Å². The first-order chi connectivity index (χ1) is 9.75. The Morgan fingerprint density at radius 3 is 2.50 bits per heavy atom. The van der Waals surface area contributed by atoms with Gasteiger partial charge in [0.05, 0.1) is 5.70 Å². The number of benzene rings is 2. The van der Waals surface area contributed by atoms with Gasteiger partial charge in [0.1, 0.15) is 12.4 Å². The number of rotatable bonds is 2. The Bertz CT molecular complexity index is 674. The fraction of sp³-hybridized carbons (Fsp3) is 0.118. The van der Waals surface area contributed by atoms with Crippen LogP contribution in [0, 0.1) is 0 Å². The summed E-state index contributed by atoms with van der Waals surface area (Å²) < 4.78 is 5.72. The van der Waals surface area contributed by atoms with Gasteiger partial charge in [0.25, 0.3) is 0 Å². The molecule has 0 atom stereocenters. The summed E-state index contributed by atoms with van der Waals surface area (Å²) in [7, 11) is 0. The summed E-state index contributed by atoms with van der Waals surface area (Å²) in [5.74, 6) is 0.761. The third-order valence-corrected chi connectivity index (χ3v) is 3.22. The van der Waals surface area contributed by atoms with E-state index in [0.717, 1.165) is 28.1 Å². The fourth-order valence-electron chi connectivity index (χ4n) is 2.43. The number of nitrogens with one attached hydrogen (secondary N) is 1. The molecule has 1 heterocycles. The lowest BCUT2D eigenvalue weighted by Crippen LogP contribution is -2.27. The average Bonchev–Trinajstić information content (AvgIpc) is 2.47. The summed E-state index contributed by atoms with van der Waals surface area (Å²) in [5, 5.41) is 2.89. The molecule has 3 rings (SSSR count). The van der Waals surface area contributed by atoms with Crippen molar-refractivity contribution >= 4 is 11.5 Å². The molecule has 0 aromatic heterocycles. The van der Waals surface area contributed by atoms with E-state index < -0.39 is 0 Å². The minimum absolute atomic E-state index is 0.0867. The van der Waals surface area contributed by atoms with E-state index in [0.29, 0.717) is 6.61 Å². The lowest BCUT2D eigenvalue weighted by atomic mass is 9.93. The first-order valence-corrected chi connectivity index (χ1v) is 6.54. The SMILES string of the molecule is CC(=O)NC1=C(c2ccccc2)c2ccccc2OC1. The molecule has 0 saturated carbocycles. The number of fused-ring (bicyclic) bond motifs is 1. The molecule has 0 saturated heterocycles. The van der Waals surface area contributed by atoms with E-state index >= 15 is 0 Å². The van der Waals surface area contributed by atoms with E-state index in [4.69, 9.17) is 4.74 Å². The number of amides is 1. The molecule has 1 aliphatic rings. The van der Waals surface area contributed by atoms with E-state index in [9.17, 15) is 4.79 Å². The van der Waals surface area contributed by atoms with Gasteiger partial charge in [-0.25, -0.2) is 0 Å². The third-order valence-electron chi connectivity index (χ3n) is 3.22. The van der Waals surface area contributed by atoms with Gasteiger partial charge >= 0.3 is 0 Å². The van der Waals surface area contributed by atoms with E-state index in [1.165, 1.54) is 6.92 Å². The Kier molecular flexibility index (Phi) is 3.25. The van der Waals surface area contributed by atoms with Crippen LogP contribution in [0.4, 0.5) is 0 Å². The van der Waals surface area contributed by atoms with Crippen molar-refractivity contribution in [2.75, 3.05) is 6.61 Å². The van der Waals surface area contributed by atoms with Gasteiger partial charge < -0.3 is 10.1 Å². The summed E-state index contributed by atoms with van der Waals surface area (Å²) in [6.45, 7) is 1.89. The molecule has 3 heteroatoms. The molecule has 0 aliphatic carbocycles. The zero-order valence-electron chi connectivity index (χ0n) is 11.2. The van der Waals surface area contributed by atoms with Crippen LogP contribution in [-0.2, 0) is 4.79 Å². The number of para-hydroxylation sites is 1.